The Balaban J connectivity index is 2.42. The van der Waals surface area contributed by atoms with Crippen LogP contribution in [0.1, 0.15) is 38.7 Å². The smallest absolute Gasteiger partial charge is 0.191 e. The van der Waals surface area contributed by atoms with E-state index in [2.05, 4.69) is 29.5 Å². The van der Waals surface area contributed by atoms with Crippen molar-refractivity contribution in [1.29, 1.82) is 0 Å². The summed E-state index contributed by atoms with van der Waals surface area (Å²) in [5, 5.41) is 6.64. The molecular weight excluding hydrogens is 330 g/mol. The molecule has 0 aliphatic heterocycles. The van der Waals surface area contributed by atoms with Gasteiger partial charge in [-0.3, -0.25) is 4.99 Å². The van der Waals surface area contributed by atoms with Crippen LogP contribution in [0.15, 0.2) is 23.2 Å². The van der Waals surface area contributed by atoms with Crippen molar-refractivity contribution < 1.29 is 14.2 Å². The first-order valence-corrected chi connectivity index (χ1v) is 9.55. The second kappa shape index (κ2) is 14.2. The van der Waals surface area contributed by atoms with Gasteiger partial charge in [-0.25, -0.2) is 0 Å². The van der Waals surface area contributed by atoms with Crippen LogP contribution in [-0.4, -0.2) is 53.0 Å². The zero-order valence-electron chi connectivity index (χ0n) is 16.8. The Kier molecular flexibility index (Phi) is 12.1. The van der Waals surface area contributed by atoms with Crippen LogP contribution in [0.3, 0.4) is 0 Å². The molecule has 0 heterocycles. The average molecular weight is 366 g/mol. The molecule has 0 fully saturated rings. The minimum atomic E-state index is 0.754. The number of ether oxygens (including phenoxy) is 3. The molecule has 26 heavy (non-hydrogen) atoms. The Labute approximate surface area is 158 Å². The topological polar surface area (TPSA) is 64.1 Å². The summed E-state index contributed by atoms with van der Waals surface area (Å²) in [6, 6.07) is 5.86. The van der Waals surface area contributed by atoms with Gasteiger partial charge < -0.3 is 24.8 Å². The number of nitrogens with zero attached hydrogens (tertiary/aromatic N) is 1. The number of hydrogen-bond acceptors (Lipinski definition) is 4. The van der Waals surface area contributed by atoms with Crippen molar-refractivity contribution in [3.63, 3.8) is 0 Å². The van der Waals surface area contributed by atoms with Crippen LogP contribution in [0, 0.1) is 0 Å². The van der Waals surface area contributed by atoms with Gasteiger partial charge in [0.25, 0.3) is 0 Å². The number of nitrogens with one attached hydrogen (secondary N) is 2. The minimum absolute atomic E-state index is 0.754. The fraction of sp³-hybridized carbons (Fsp3) is 0.650. The van der Waals surface area contributed by atoms with Crippen molar-refractivity contribution >= 4 is 5.96 Å². The van der Waals surface area contributed by atoms with Crippen molar-refractivity contribution in [2.75, 3.05) is 47.1 Å². The molecule has 6 nitrogen and oxygen atoms in total. The molecule has 0 spiro atoms. The Bertz CT molecular complexity index is 521. The predicted octanol–water partition coefficient (Wildman–Crippen LogP) is 3.01. The number of unbranched alkanes of at least 4 members (excludes halogenated alkanes) is 1. The molecule has 148 valence electrons. The van der Waals surface area contributed by atoms with Gasteiger partial charge in [-0.1, -0.05) is 13.3 Å². The van der Waals surface area contributed by atoms with Crippen LogP contribution in [0.5, 0.6) is 11.5 Å². The van der Waals surface area contributed by atoms with Gasteiger partial charge in [0.1, 0.15) is 11.5 Å². The van der Waals surface area contributed by atoms with Crippen molar-refractivity contribution in [3.05, 3.63) is 23.8 Å². The summed E-state index contributed by atoms with van der Waals surface area (Å²) in [6.45, 7) is 8.21. The largest absolute Gasteiger partial charge is 0.497 e. The van der Waals surface area contributed by atoms with Gasteiger partial charge in [-0.2, -0.15) is 0 Å². The summed E-state index contributed by atoms with van der Waals surface area (Å²) in [4.78, 5) is 4.60. The highest BCUT2D eigenvalue weighted by atomic mass is 16.5. The zero-order valence-corrected chi connectivity index (χ0v) is 16.8. The lowest BCUT2D eigenvalue weighted by molar-refractivity contribution is 0.130. The van der Waals surface area contributed by atoms with E-state index in [9.17, 15) is 0 Å². The normalized spacial score (nSPS) is 11.3. The van der Waals surface area contributed by atoms with E-state index in [0.29, 0.717) is 0 Å². The maximum absolute atomic E-state index is 5.57. The quantitative estimate of drug-likeness (QED) is 0.320. The molecule has 0 unspecified atom stereocenters. The van der Waals surface area contributed by atoms with Crippen molar-refractivity contribution in [3.8, 4) is 11.5 Å². The first-order chi connectivity index (χ1) is 12.7. The third-order valence-electron chi connectivity index (χ3n) is 3.88. The lowest BCUT2D eigenvalue weighted by Crippen LogP contribution is -2.38. The molecule has 0 saturated carbocycles. The third-order valence-corrected chi connectivity index (χ3v) is 3.88. The fourth-order valence-electron chi connectivity index (χ4n) is 2.44. The van der Waals surface area contributed by atoms with E-state index in [1.54, 1.807) is 14.2 Å². The Hall–Kier alpha value is -1.95. The monoisotopic (exact) mass is 365 g/mol. The van der Waals surface area contributed by atoms with E-state index in [0.717, 1.165) is 75.1 Å². The molecule has 0 aliphatic carbocycles. The summed E-state index contributed by atoms with van der Waals surface area (Å²) >= 11 is 0. The molecule has 1 aromatic carbocycles. The van der Waals surface area contributed by atoms with E-state index < -0.39 is 0 Å². The third kappa shape index (κ3) is 8.94. The van der Waals surface area contributed by atoms with E-state index in [-0.39, 0.29) is 0 Å². The Morgan fingerprint density at radius 1 is 1.04 bits per heavy atom. The van der Waals surface area contributed by atoms with Crippen LogP contribution >= 0.6 is 0 Å². The molecule has 0 bridgehead atoms. The maximum Gasteiger partial charge on any atom is 0.191 e. The van der Waals surface area contributed by atoms with E-state index >= 15 is 0 Å². The molecule has 0 amide bonds. The molecule has 6 heteroatoms. The molecule has 0 aromatic heterocycles. The second-order valence-electron chi connectivity index (χ2n) is 5.93. The van der Waals surface area contributed by atoms with Crippen LogP contribution in [0.2, 0.25) is 0 Å². The van der Waals surface area contributed by atoms with Crippen LogP contribution < -0.4 is 20.1 Å². The van der Waals surface area contributed by atoms with Crippen molar-refractivity contribution in [2.24, 2.45) is 4.99 Å². The average Bonchev–Trinajstić information content (AvgIpc) is 2.67. The minimum Gasteiger partial charge on any atom is -0.497 e. The number of methoxy groups -OCH3 is 2. The van der Waals surface area contributed by atoms with Crippen LogP contribution in [-0.2, 0) is 11.2 Å². The number of rotatable bonds is 13. The molecule has 2 N–H and O–H groups in total. The summed E-state index contributed by atoms with van der Waals surface area (Å²) in [6.07, 6.45) is 4.06. The fourth-order valence-corrected chi connectivity index (χ4v) is 2.44. The van der Waals surface area contributed by atoms with Gasteiger partial charge in [-0.15, -0.1) is 0 Å². The Morgan fingerprint density at radius 2 is 1.85 bits per heavy atom. The molecule has 0 saturated heterocycles. The van der Waals surface area contributed by atoms with Crippen molar-refractivity contribution in [2.45, 2.75) is 39.5 Å². The number of hydrogen-bond donors (Lipinski definition) is 2. The van der Waals surface area contributed by atoms with Gasteiger partial charge in [0.2, 0.25) is 0 Å². The van der Waals surface area contributed by atoms with Gasteiger partial charge in [0.05, 0.1) is 14.2 Å². The van der Waals surface area contributed by atoms with Crippen LogP contribution in [0.4, 0.5) is 0 Å². The van der Waals surface area contributed by atoms with Gasteiger partial charge in [-0.05, 0) is 49.9 Å². The maximum atomic E-state index is 5.57. The summed E-state index contributed by atoms with van der Waals surface area (Å²) < 4.78 is 16.3. The van der Waals surface area contributed by atoms with E-state index in [1.807, 2.05) is 18.2 Å². The lowest BCUT2D eigenvalue weighted by Gasteiger charge is -2.13. The molecule has 0 radical (unpaired) electrons. The first kappa shape index (κ1) is 22.1. The number of benzene rings is 1. The predicted molar refractivity (Wildman–Crippen MR) is 108 cm³/mol. The molecule has 1 aromatic rings. The SMILES string of the molecule is CCCCOCCCN=C(NCC)NCCc1cc(OC)ccc1OC. The summed E-state index contributed by atoms with van der Waals surface area (Å²) in [5.74, 6) is 2.55. The summed E-state index contributed by atoms with van der Waals surface area (Å²) in [5.41, 5.74) is 1.11. The standard InChI is InChI=1S/C20H35N3O3/c1-5-7-14-26-15-8-12-22-20(21-6-2)23-13-11-17-16-18(24-3)9-10-19(17)25-4/h9-10,16H,5-8,11-15H2,1-4H3,(H2,21,22,23). The first-order valence-electron chi connectivity index (χ1n) is 9.55. The molecule has 0 atom stereocenters. The second-order valence-corrected chi connectivity index (χ2v) is 5.93. The van der Waals surface area contributed by atoms with Gasteiger partial charge in [0, 0.05) is 32.8 Å². The van der Waals surface area contributed by atoms with Crippen molar-refractivity contribution in [1.82, 2.24) is 10.6 Å². The highest BCUT2D eigenvalue weighted by molar-refractivity contribution is 5.79. The number of aliphatic imine (C=N–C) groups is 1. The Morgan fingerprint density at radius 3 is 2.54 bits per heavy atom. The highest BCUT2D eigenvalue weighted by Gasteiger charge is 2.05. The molecule has 0 aliphatic rings. The zero-order chi connectivity index (χ0) is 19.0. The van der Waals surface area contributed by atoms with E-state index in [1.165, 1.54) is 6.42 Å². The van der Waals surface area contributed by atoms with E-state index in [4.69, 9.17) is 14.2 Å². The number of guanidine groups is 1. The van der Waals surface area contributed by atoms with Gasteiger partial charge >= 0.3 is 0 Å². The molecular formula is C20H35N3O3. The lowest BCUT2D eigenvalue weighted by atomic mass is 10.1. The van der Waals surface area contributed by atoms with Crippen LogP contribution in [0.25, 0.3) is 0 Å². The van der Waals surface area contributed by atoms with Gasteiger partial charge in [0.15, 0.2) is 5.96 Å². The highest BCUT2D eigenvalue weighted by Crippen LogP contribution is 2.24. The molecule has 1 rings (SSSR count). The summed E-state index contributed by atoms with van der Waals surface area (Å²) in [7, 11) is 3.36.